The number of nitrogens with zero attached hydrogens (tertiary/aromatic N) is 2. The van der Waals surface area contributed by atoms with Gasteiger partial charge >= 0.3 is 0 Å². The van der Waals surface area contributed by atoms with Gasteiger partial charge in [-0.2, -0.15) is 10.1 Å². The highest BCUT2D eigenvalue weighted by Gasteiger charge is 2.29. The zero-order valence-corrected chi connectivity index (χ0v) is 19.6. The fraction of sp³-hybridized carbons (Fsp3) is 0.0833. The van der Waals surface area contributed by atoms with Crippen molar-refractivity contribution in [1.82, 2.24) is 0 Å². The number of halogens is 4. The third kappa shape index (κ3) is 4.57. The van der Waals surface area contributed by atoms with Gasteiger partial charge in [-0.1, -0.05) is 70.4 Å². The second kappa shape index (κ2) is 9.44. The van der Waals surface area contributed by atoms with Crippen molar-refractivity contribution in [2.75, 3.05) is 12.1 Å². The van der Waals surface area contributed by atoms with Crippen molar-refractivity contribution in [3.63, 3.8) is 0 Å². The number of anilines is 1. The summed E-state index contributed by atoms with van der Waals surface area (Å²) < 4.78 is 5.51. The Morgan fingerprint density at radius 3 is 2.34 bits per heavy atom. The maximum absolute atomic E-state index is 12.6. The fourth-order valence-electron chi connectivity index (χ4n) is 3.16. The number of hydrogen-bond donors (Lipinski definition) is 0. The molecule has 0 unspecified atom stereocenters. The van der Waals surface area contributed by atoms with Crippen LogP contribution in [0.4, 0.5) is 5.69 Å². The summed E-state index contributed by atoms with van der Waals surface area (Å²) in [5, 5.41) is 7.45. The van der Waals surface area contributed by atoms with Crippen molar-refractivity contribution in [2.24, 2.45) is 5.10 Å². The fourth-order valence-corrected chi connectivity index (χ4v) is 4.05. The normalized spacial score (nSPS) is 13.0. The molecule has 8 heteroatoms. The van der Waals surface area contributed by atoms with Gasteiger partial charge in [-0.3, -0.25) is 4.79 Å². The number of carbonyl (C=O) groups is 1. The number of methoxy groups -OCH3 is 1. The molecular weight excluding hydrogens is 490 g/mol. The number of benzene rings is 3. The Morgan fingerprint density at radius 2 is 1.62 bits per heavy atom. The number of para-hydroxylation sites is 1. The number of amides is 1. The van der Waals surface area contributed by atoms with Crippen molar-refractivity contribution in [3.8, 4) is 17.6 Å². The third-order valence-electron chi connectivity index (χ3n) is 4.72. The molecule has 0 fully saturated rings. The molecule has 0 N–H and O–H groups in total. The van der Waals surface area contributed by atoms with Crippen LogP contribution >= 0.6 is 46.4 Å². The Kier molecular flexibility index (Phi) is 6.64. The molecule has 0 radical (unpaired) electrons. The minimum atomic E-state index is -0.228. The summed E-state index contributed by atoms with van der Waals surface area (Å²) in [6.07, 6.45) is 0.105. The summed E-state index contributed by atoms with van der Waals surface area (Å²) in [6.45, 7) is 0. The van der Waals surface area contributed by atoms with Crippen molar-refractivity contribution >= 4 is 63.7 Å². The molecule has 32 heavy (non-hydrogen) atoms. The van der Waals surface area contributed by atoms with Crippen LogP contribution in [0.1, 0.15) is 23.1 Å². The van der Waals surface area contributed by atoms with Crippen molar-refractivity contribution in [1.29, 1.82) is 0 Å². The molecule has 1 heterocycles. The number of hydrazone groups is 1. The molecule has 1 amide bonds. The molecular formula is C24H14Cl4N2O2. The zero-order chi connectivity index (χ0) is 22.8. The summed E-state index contributed by atoms with van der Waals surface area (Å²) in [6, 6.07) is 15.5. The van der Waals surface area contributed by atoms with Gasteiger partial charge in [0.1, 0.15) is 11.4 Å². The van der Waals surface area contributed by atoms with Crippen LogP contribution in [0, 0.1) is 11.8 Å². The Morgan fingerprint density at radius 1 is 0.906 bits per heavy atom. The molecule has 0 spiro atoms. The Hall–Kier alpha value is -2.68. The van der Waals surface area contributed by atoms with Gasteiger partial charge in [0.2, 0.25) is 0 Å². The summed E-state index contributed by atoms with van der Waals surface area (Å²) >= 11 is 24.7. The van der Waals surface area contributed by atoms with E-state index in [9.17, 15) is 4.79 Å². The van der Waals surface area contributed by atoms with Gasteiger partial charge in [0.25, 0.3) is 5.91 Å². The first-order valence-corrected chi connectivity index (χ1v) is 10.9. The third-order valence-corrected chi connectivity index (χ3v) is 5.89. The van der Waals surface area contributed by atoms with E-state index in [1.54, 1.807) is 55.6 Å². The molecule has 1 aliphatic heterocycles. The average molecular weight is 504 g/mol. The summed E-state index contributed by atoms with van der Waals surface area (Å²) in [5.74, 6) is 6.38. The molecule has 160 valence electrons. The zero-order valence-electron chi connectivity index (χ0n) is 16.6. The topological polar surface area (TPSA) is 41.9 Å². The van der Waals surface area contributed by atoms with Crippen LogP contribution in [0.25, 0.3) is 0 Å². The van der Waals surface area contributed by atoms with Gasteiger partial charge in [0.15, 0.2) is 0 Å². The number of ether oxygens (including phenoxy) is 1. The molecule has 3 aromatic carbocycles. The van der Waals surface area contributed by atoms with E-state index in [0.29, 0.717) is 48.4 Å². The lowest BCUT2D eigenvalue weighted by molar-refractivity contribution is -0.116. The largest absolute Gasteiger partial charge is 0.495 e. The molecule has 0 aliphatic carbocycles. The highest BCUT2D eigenvalue weighted by Crippen LogP contribution is 2.36. The lowest BCUT2D eigenvalue weighted by Gasteiger charge is -2.14. The van der Waals surface area contributed by atoms with E-state index in [2.05, 4.69) is 16.9 Å². The van der Waals surface area contributed by atoms with Gasteiger partial charge < -0.3 is 4.74 Å². The van der Waals surface area contributed by atoms with Gasteiger partial charge in [-0.25, -0.2) is 0 Å². The maximum atomic E-state index is 12.6. The van der Waals surface area contributed by atoms with Crippen LogP contribution < -0.4 is 9.75 Å². The summed E-state index contributed by atoms with van der Waals surface area (Å²) in [5.41, 5.74) is 2.93. The van der Waals surface area contributed by atoms with E-state index in [1.807, 2.05) is 6.07 Å². The first-order valence-electron chi connectivity index (χ1n) is 9.37. The van der Waals surface area contributed by atoms with Gasteiger partial charge in [-0.15, -0.1) is 0 Å². The van der Waals surface area contributed by atoms with Crippen LogP contribution in [0.2, 0.25) is 20.1 Å². The predicted molar refractivity (Wildman–Crippen MR) is 131 cm³/mol. The molecule has 3 aromatic rings. The van der Waals surface area contributed by atoms with Gasteiger partial charge in [0, 0.05) is 16.1 Å². The Bertz CT molecular complexity index is 1310. The van der Waals surface area contributed by atoms with Crippen molar-refractivity contribution in [3.05, 3.63) is 91.4 Å². The maximum Gasteiger partial charge on any atom is 0.253 e. The molecule has 0 saturated heterocycles. The average Bonchev–Trinajstić information content (AvgIpc) is 3.15. The van der Waals surface area contributed by atoms with E-state index < -0.39 is 0 Å². The Labute approximate surface area is 205 Å². The molecule has 4 nitrogen and oxygen atoms in total. The van der Waals surface area contributed by atoms with E-state index in [1.165, 1.54) is 5.01 Å². The minimum absolute atomic E-state index is 0.105. The molecule has 1 aliphatic rings. The van der Waals surface area contributed by atoms with Gasteiger partial charge in [-0.05, 0) is 42.5 Å². The molecule has 0 bridgehead atoms. The number of rotatable bonds is 3. The van der Waals surface area contributed by atoms with E-state index >= 15 is 0 Å². The SMILES string of the molecule is COc1cc(C2=NN(c3c(Cl)cccc3Cl)C(=O)C2)ccc1C#Cc1cc(Cl)ccc1Cl. The Balaban J connectivity index is 1.67. The van der Waals surface area contributed by atoms with Crippen LogP contribution in [0.15, 0.2) is 59.7 Å². The quantitative estimate of drug-likeness (QED) is 0.367. The smallest absolute Gasteiger partial charge is 0.253 e. The van der Waals surface area contributed by atoms with E-state index in [0.717, 1.165) is 5.56 Å². The number of hydrogen-bond acceptors (Lipinski definition) is 3. The molecule has 0 atom stereocenters. The first kappa shape index (κ1) is 22.5. The standard InChI is InChI=1S/C24H14Cl4N2O2/c1-32-22-12-16(8-6-14(22)5-7-15-11-17(25)9-10-18(15)26)21-13-23(31)30(29-21)24-19(27)3-2-4-20(24)28/h2-4,6,8-12H,13H2,1H3. The summed E-state index contributed by atoms with van der Waals surface area (Å²) in [4.78, 5) is 12.6. The second-order valence-electron chi connectivity index (χ2n) is 6.79. The molecule has 4 rings (SSSR count). The first-order chi connectivity index (χ1) is 15.4. The van der Waals surface area contributed by atoms with Crippen molar-refractivity contribution < 1.29 is 9.53 Å². The van der Waals surface area contributed by atoms with Crippen LogP contribution in [0.3, 0.4) is 0 Å². The minimum Gasteiger partial charge on any atom is -0.495 e. The molecule has 0 saturated carbocycles. The van der Waals surface area contributed by atoms with Crippen molar-refractivity contribution in [2.45, 2.75) is 6.42 Å². The van der Waals surface area contributed by atoms with E-state index in [-0.39, 0.29) is 12.3 Å². The summed E-state index contributed by atoms with van der Waals surface area (Å²) in [7, 11) is 1.55. The lowest BCUT2D eigenvalue weighted by atomic mass is 10.0. The van der Waals surface area contributed by atoms with E-state index in [4.69, 9.17) is 51.1 Å². The highest BCUT2D eigenvalue weighted by atomic mass is 35.5. The predicted octanol–water partition coefficient (Wildman–Crippen LogP) is 6.85. The molecule has 0 aromatic heterocycles. The second-order valence-corrected chi connectivity index (χ2v) is 8.45. The monoisotopic (exact) mass is 502 g/mol. The number of carbonyl (C=O) groups excluding carboxylic acids is 1. The van der Waals surface area contributed by atoms with Gasteiger partial charge in [0.05, 0.1) is 39.9 Å². The highest BCUT2D eigenvalue weighted by molar-refractivity contribution is 6.40. The van der Waals surface area contributed by atoms with Crippen LogP contribution in [-0.4, -0.2) is 18.7 Å². The lowest BCUT2D eigenvalue weighted by Crippen LogP contribution is -2.20. The van der Waals surface area contributed by atoms with Crippen LogP contribution in [-0.2, 0) is 4.79 Å². The van der Waals surface area contributed by atoms with Crippen LogP contribution in [0.5, 0.6) is 5.75 Å².